The number of nitrogens with one attached hydrogen (secondary N) is 1. The number of aliphatic hydroxyl groups is 2. The Morgan fingerprint density at radius 3 is 2.46 bits per heavy atom. The summed E-state index contributed by atoms with van der Waals surface area (Å²) in [6, 6.07) is 0. The van der Waals surface area contributed by atoms with Crippen molar-refractivity contribution in [3.63, 3.8) is 0 Å². The molecule has 0 aromatic heterocycles. The van der Waals surface area contributed by atoms with Crippen molar-refractivity contribution in [1.82, 2.24) is 5.32 Å². The highest BCUT2D eigenvalue weighted by Crippen LogP contribution is 2.05. The van der Waals surface area contributed by atoms with Gasteiger partial charge in [0.15, 0.2) is 0 Å². The first-order valence-electron chi connectivity index (χ1n) is 5.13. The van der Waals surface area contributed by atoms with Crippen molar-refractivity contribution in [2.45, 2.75) is 51.7 Å². The minimum atomic E-state index is -0.614. The molecule has 0 bridgehead atoms. The summed E-state index contributed by atoms with van der Waals surface area (Å²) < 4.78 is 0. The van der Waals surface area contributed by atoms with E-state index in [4.69, 9.17) is 0 Å². The van der Waals surface area contributed by atoms with Gasteiger partial charge in [0.1, 0.15) is 0 Å². The van der Waals surface area contributed by atoms with Crippen LogP contribution in [0.15, 0.2) is 0 Å². The molecule has 0 aromatic rings. The van der Waals surface area contributed by atoms with Crippen LogP contribution in [0.3, 0.4) is 0 Å². The molecule has 13 heavy (non-hydrogen) atoms. The van der Waals surface area contributed by atoms with E-state index in [-0.39, 0.29) is 6.10 Å². The molecular formula is C10H23NO2. The molecule has 2 atom stereocenters. The lowest BCUT2D eigenvalue weighted by atomic mass is 10.0. The second-order valence-corrected chi connectivity index (χ2v) is 3.88. The molecule has 0 aliphatic carbocycles. The van der Waals surface area contributed by atoms with Crippen LogP contribution in [0, 0.1) is 0 Å². The molecule has 0 fully saturated rings. The standard InChI is InChI=1S/C10H23NO2/c1-4-9(12)6-7-11-8-10(3,13)5-2/h9,11-13H,4-8H2,1-3H3. The van der Waals surface area contributed by atoms with E-state index in [0.29, 0.717) is 6.54 Å². The maximum Gasteiger partial charge on any atom is 0.0740 e. The Kier molecular flexibility index (Phi) is 6.29. The predicted octanol–water partition coefficient (Wildman–Crippen LogP) is 0.898. The van der Waals surface area contributed by atoms with Gasteiger partial charge in [-0.05, 0) is 32.7 Å². The van der Waals surface area contributed by atoms with Crippen LogP contribution in [0.5, 0.6) is 0 Å². The second-order valence-electron chi connectivity index (χ2n) is 3.88. The quantitative estimate of drug-likeness (QED) is 0.522. The molecule has 80 valence electrons. The lowest BCUT2D eigenvalue weighted by Gasteiger charge is -2.21. The summed E-state index contributed by atoms with van der Waals surface area (Å²) in [4.78, 5) is 0. The summed E-state index contributed by atoms with van der Waals surface area (Å²) in [6.07, 6.45) is 2.09. The van der Waals surface area contributed by atoms with Gasteiger partial charge in [-0.1, -0.05) is 13.8 Å². The zero-order valence-electron chi connectivity index (χ0n) is 9.01. The Bertz CT molecular complexity index is 126. The molecule has 3 N–H and O–H groups in total. The minimum Gasteiger partial charge on any atom is -0.393 e. The first-order chi connectivity index (χ1) is 6.02. The Hall–Kier alpha value is -0.120. The van der Waals surface area contributed by atoms with Crippen LogP contribution < -0.4 is 5.32 Å². The summed E-state index contributed by atoms with van der Waals surface area (Å²) in [5.74, 6) is 0. The van der Waals surface area contributed by atoms with Crippen molar-refractivity contribution < 1.29 is 10.2 Å². The number of hydrogen-bond donors (Lipinski definition) is 3. The van der Waals surface area contributed by atoms with Crippen LogP contribution in [-0.2, 0) is 0 Å². The highest BCUT2D eigenvalue weighted by molar-refractivity contribution is 4.73. The van der Waals surface area contributed by atoms with Gasteiger partial charge in [0.05, 0.1) is 11.7 Å². The fourth-order valence-electron chi connectivity index (χ4n) is 0.955. The topological polar surface area (TPSA) is 52.5 Å². The van der Waals surface area contributed by atoms with E-state index in [1.165, 1.54) is 0 Å². The van der Waals surface area contributed by atoms with E-state index in [1.807, 2.05) is 20.8 Å². The Labute approximate surface area is 81.2 Å². The van der Waals surface area contributed by atoms with Crippen molar-refractivity contribution in [2.24, 2.45) is 0 Å². The van der Waals surface area contributed by atoms with Gasteiger partial charge in [-0.25, -0.2) is 0 Å². The Balaban J connectivity index is 3.35. The zero-order chi connectivity index (χ0) is 10.3. The van der Waals surface area contributed by atoms with E-state index in [9.17, 15) is 10.2 Å². The van der Waals surface area contributed by atoms with E-state index in [1.54, 1.807) is 0 Å². The van der Waals surface area contributed by atoms with Crippen molar-refractivity contribution in [3.8, 4) is 0 Å². The van der Waals surface area contributed by atoms with Gasteiger partial charge >= 0.3 is 0 Å². The van der Waals surface area contributed by atoms with Gasteiger partial charge in [-0.15, -0.1) is 0 Å². The zero-order valence-corrected chi connectivity index (χ0v) is 9.01. The highest BCUT2D eigenvalue weighted by Gasteiger charge is 2.16. The van der Waals surface area contributed by atoms with E-state index >= 15 is 0 Å². The van der Waals surface area contributed by atoms with Crippen molar-refractivity contribution in [2.75, 3.05) is 13.1 Å². The summed E-state index contributed by atoms with van der Waals surface area (Å²) in [6.45, 7) is 7.11. The van der Waals surface area contributed by atoms with E-state index < -0.39 is 5.60 Å². The first kappa shape index (κ1) is 12.9. The van der Waals surface area contributed by atoms with Gasteiger partial charge in [0, 0.05) is 6.54 Å². The predicted molar refractivity (Wildman–Crippen MR) is 54.7 cm³/mol. The van der Waals surface area contributed by atoms with Crippen LogP contribution in [0.2, 0.25) is 0 Å². The minimum absolute atomic E-state index is 0.209. The molecule has 0 aliphatic rings. The third-order valence-electron chi connectivity index (χ3n) is 2.39. The van der Waals surface area contributed by atoms with Crippen molar-refractivity contribution >= 4 is 0 Å². The third kappa shape index (κ3) is 6.99. The van der Waals surface area contributed by atoms with E-state index in [0.717, 1.165) is 25.8 Å². The van der Waals surface area contributed by atoms with Gasteiger partial charge in [-0.2, -0.15) is 0 Å². The molecule has 2 unspecified atom stereocenters. The molecule has 0 aliphatic heterocycles. The molecule has 3 nitrogen and oxygen atoms in total. The summed E-state index contributed by atoms with van der Waals surface area (Å²) in [7, 11) is 0. The van der Waals surface area contributed by atoms with Crippen LogP contribution in [-0.4, -0.2) is 35.0 Å². The lowest BCUT2D eigenvalue weighted by Crippen LogP contribution is -2.38. The fraction of sp³-hybridized carbons (Fsp3) is 1.00. The molecule has 0 aromatic carbocycles. The monoisotopic (exact) mass is 189 g/mol. The average molecular weight is 189 g/mol. The molecule has 0 radical (unpaired) electrons. The summed E-state index contributed by atoms with van der Waals surface area (Å²) >= 11 is 0. The Morgan fingerprint density at radius 2 is 2.00 bits per heavy atom. The molecule has 0 spiro atoms. The largest absolute Gasteiger partial charge is 0.393 e. The smallest absolute Gasteiger partial charge is 0.0740 e. The first-order valence-corrected chi connectivity index (χ1v) is 5.13. The normalized spacial score (nSPS) is 18.2. The van der Waals surface area contributed by atoms with Crippen molar-refractivity contribution in [3.05, 3.63) is 0 Å². The highest BCUT2D eigenvalue weighted by atomic mass is 16.3. The van der Waals surface area contributed by atoms with Gasteiger partial charge in [0.25, 0.3) is 0 Å². The maximum absolute atomic E-state index is 9.62. The van der Waals surface area contributed by atoms with Gasteiger partial charge in [0.2, 0.25) is 0 Å². The van der Waals surface area contributed by atoms with Crippen LogP contribution >= 0.6 is 0 Å². The SMILES string of the molecule is CCC(O)CCNCC(C)(O)CC. The molecule has 0 saturated carbocycles. The molecular weight excluding hydrogens is 166 g/mol. The molecule has 0 saturated heterocycles. The van der Waals surface area contributed by atoms with Crippen LogP contribution in [0.25, 0.3) is 0 Å². The average Bonchev–Trinajstić information content (AvgIpc) is 2.12. The maximum atomic E-state index is 9.62. The van der Waals surface area contributed by atoms with E-state index in [2.05, 4.69) is 5.32 Å². The van der Waals surface area contributed by atoms with Crippen molar-refractivity contribution in [1.29, 1.82) is 0 Å². The molecule has 0 heterocycles. The van der Waals surface area contributed by atoms with Crippen LogP contribution in [0.1, 0.15) is 40.0 Å². The number of aliphatic hydroxyl groups excluding tert-OH is 1. The summed E-state index contributed by atoms with van der Waals surface area (Å²) in [5, 5.41) is 22.0. The molecule has 3 heteroatoms. The number of rotatable bonds is 7. The van der Waals surface area contributed by atoms with Gasteiger partial charge < -0.3 is 15.5 Å². The van der Waals surface area contributed by atoms with Crippen LogP contribution in [0.4, 0.5) is 0 Å². The number of hydrogen-bond acceptors (Lipinski definition) is 3. The van der Waals surface area contributed by atoms with Gasteiger partial charge in [-0.3, -0.25) is 0 Å². The summed E-state index contributed by atoms with van der Waals surface area (Å²) in [5.41, 5.74) is -0.614. The fourth-order valence-corrected chi connectivity index (χ4v) is 0.955. The Morgan fingerprint density at radius 1 is 1.38 bits per heavy atom. The lowest BCUT2D eigenvalue weighted by molar-refractivity contribution is 0.0545. The molecule has 0 rings (SSSR count). The second kappa shape index (κ2) is 6.35. The molecule has 0 amide bonds. The third-order valence-corrected chi connectivity index (χ3v) is 2.39.